The van der Waals surface area contributed by atoms with E-state index < -0.39 is 63.4 Å². The van der Waals surface area contributed by atoms with Crippen LogP contribution < -0.4 is 10.6 Å². The highest BCUT2D eigenvalue weighted by atomic mass is 32.2. The van der Waals surface area contributed by atoms with Gasteiger partial charge in [0.2, 0.25) is 5.16 Å². The molecule has 13 nitrogen and oxygen atoms in total. The van der Waals surface area contributed by atoms with Crippen LogP contribution in [0.5, 0.6) is 0 Å². The van der Waals surface area contributed by atoms with Crippen LogP contribution in [0.3, 0.4) is 0 Å². The Kier molecular flexibility index (Phi) is 8.64. The summed E-state index contributed by atoms with van der Waals surface area (Å²) in [5.74, 6) is -17.0. The van der Waals surface area contributed by atoms with Gasteiger partial charge in [0.25, 0.3) is 11.6 Å². The molecule has 2 aromatic heterocycles. The van der Waals surface area contributed by atoms with Gasteiger partial charge in [-0.05, 0) is 34.3 Å². The highest BCUT2D eigenvalue weighted by Crippen LogP contribution is 2.51. The van der Waals surface area contributed by atoms with E-state index in [0.717, 1.165) is 22.9 Å². The van der Waals surface area contributed by atoms with Gasteiger partial charge in [-0.3, -0.25) is 14.9 Å². The van der Waals surface area contributed by atoms with Crippen molar-refractivity contribution >= 4 is 35.3 Å². The van der Waals surface area contributed by atoms with Crippen LogP contribution in [-0.2, 0) is 12.5 Å². The maximum absolute atomic E-state index is 14.5. The van der Waals surface area contributed by atoms with Crippen molar-refractivity contribution in [1.29, 1.82) is 0 Å². The Morgan fingerprint density at radius 2 is 1.80 bits per heavy atom. The molecule has 2 heterocycles. The van der Waals surface area contributed by atoms with E-state index >= 15 is 0 Å². The molecule has 220 valence electrons. The molecule has 0 radical (unpaired) electrons. The number of tetrazole rings is 1. The van der Waals surface area contributed by atoms with E-state index in [-0.39, 0.29) is 35.4 Å². The van der Waals surface area contributed by atoms with E-state index in [9.17, 15) is 54.8 Å². The van der Waals surface area contributed by atoms with Gasteiger partial charge in [-0.25, -0.2) is 18.9 Å². The number of amides is 2. The number of aromatic nitrogens is 5. The number of rotatable bonds is 10. The lowest BCUT2D eigenvalue weighted by Gasteiger charge is -2.28. The first-order valence-electron chi connectivity index (χ1n) is 10.4. The molecule has 2 amide bonds. The molecular weight excluding hydrogens is 604 g/mol. The highest BCUT2D eigenvalue weighted by molar-refractivity contribution is 7.99. The Labute approximate surface area is 225 Å². The number of carbonyl (C=O) groups excluding carboxylic acids is 1. The second-order valence-electron chi connectivity index (χ2n) is 7.61. The van der Waals surface area contributed by atoms with Crippen LogP contribution >= 0.6 is 11.8 Å². The molecule has 3 N–H and O–H groups in total. The summed E-state index contributed by atoms with van der Waals surface area (Å²) in [6, 6.07) is 2.38. The largest absolute Gasteiger partial charge is 0.465 e. The molecule has 3 rings (SSSR count). The molecule has 0 spiro atoms. The van der Waals surface area contributed by atoms with E-state index in [4.69, 9.17) is 5.11 Å². The number of alkyl halides is 7. The molecule has 1 aromatic carbocycles. The minimum absolute atomic E-state index is 0.0402. The van der Waals surface area contributed by atoms with E-state index in [0.29, 0.717) is 11.8 Å². The lowest BCUT2D eigenvalue weighted by molar-refractivity contribution is -0.384. The number of carboxylic acid groups (broad SMARTS) is 1. The first-order valence-corrected chi connectivity index (χ1v) is 11.3. The Hall–Kier alpha value is -4.63. The lowest BCUT2D eigenvalue weighted by Crippen LogP contribution is -2.50. The molecule has 0 saturated heterocycles. The number of hydrogen-bond acceptors (Lipinski definition) is 9. The van der Waals surface area contributed by atoms with Crippen LogP contribution in [0.2, 0.25) is 0 Å². The van der Waals surface area contributed by atoms with Gasteiger partial charge < -0.3 is 15.7 Å². The number of anilines is 1. The van der Waals surface area contributed by atoms with Gasteiger partial charge >= 0.3 is 24.1 Å². The molecule has 0 aliphatic carbocycles. The molecular formula is C19H12F8N8O5S. The fraction of sp³-hybridized carbons (Fsp3) is 0.263. The van der Waals surface area contributed by atoms with Crippen LogP contribution in [-0.4, -0.2) is 65.9 Å². The molecule has 22 heteroatoms. The fourth-order valence-corrected chi connectivity index (χ4v) is 3.82. The van der Waals surface area contributed by atoms with Gasteiger partial charge in [-0.2, -0.15) is 30.7 Å². The first kappa shape index (κ1) is 30.9. The maximum Gasteiger partial charge on any atom is 0.460 e. The smallest absolute Gasteiger partial charge is 0.460 e. The van der Waals surface area contributed by atoms with Gasteiger partial charge in [0, 0.05) is 35.3 Å². The van der Waals surface area contributed by atoms with E-state index in [1.165, 1.54) is 0 Å². The zero-order valence-corrected chi connectivity index (χ0v) is 20.3. The topological polar surface area (TPSA) is 178 Å². The van der Waals surface area contributed by atoms with Gasteiger partial charge in [-0.1, -0.05) is 0 Å². The van der Waals surface area contributed by atoms with Gasteiger partial charge in [-0.15, -0.1) is 5.10 Å². The third-order valence-electron chi connectivity index (χ3n) is 4.90. The molecule has 0 unspecified atom stereocenters. The van der Waals surface area contributed by atoms with E-state index in [1.807, 2.05) is 0 Å². The number of nitrogens with one attached hydrogen (secondary N) is 2. The van der Waals surface area contributed by atoms with Crippen molar-refractivity contribution in [2.45, 2.75) is 34.6 Å². The molecule has 0 bridgehead atoms. The summed E-state index contributed by atoms with van der Waals surface area (Å²) in [4.78, 5) is 36.7. The Bertz CT molecular complexity index is 1490. The van der Waals surface area contributed by atoms with Gasteiger partial charge in [0.05, 0.1) is 17.0 Å². The molecule has 41 heavy (non-hydrogen) atoms. The van der Waals surface area contributed by atoms with Crippen molar-refractivity contribution < 1.29 is 54.7 Å². The van der Waals surface area contributed by atoms with Crippen molar-refractivity contribution in [3.8, 4) is 0 Å². The zero-order chi connectivity index (χ0) is 30.8. The number of non-ortho nitro benzene ring substituents is 1. The average molecular weight is 616 g/mol. The van der Waals surface area contributed by atoms with Crippen LogP contribution in [0, 0.1) is 15.9 Å². The average Bonchev–Trinajstić information content (AvgIpc) is 3.30. The Balaban J connectivity index is 1.91. The number of halogens is 8. The second kappa shape index (κ2) is 11.5. The molecule has 3 aromatic rings. The summed E-state index contributed by atoms with van der Waals surface area (Å²) in [6.45, 7) is -0.230. The van der Waals surface area contributed by atoms with E-state index in [2.05, 4.69) is 25.8 Å². The molecule has 0 fully saturated rings. The fourth-order valence-electron chi connectivity index (χ4n) is 2.91. The molecule has 0 saturated carbocycles. The number of pyridine rings is 1. The van der Waals surface area contributed by atoms with Crippen LogP contribution in [0.25, 0.3) is 0 Å². The van der Waals surface area contributed by atoms with E-state index in [1.54, 1.807) is 5.32 Å². The quantitative estimate of drug-likeness (QED) is 0.171. The van der Waals surface area contributed by atoms with Crippen molar-refractivity contribution in [1.82, 2.24) is 30.5 Å². The SMILES string of the molecule is O=C(O)NCCn1nnnc1Sc1ccc([N+](=O)[O-])cc1C(=O)Nc1ncc(C(F)(F)C(F)(F)C(F)(F)F)cc1F. The summed E-state index contributed by atoms with van der Waals surface area (Å²) >= 11 is 0.646. The van der Waals surface area contributed by atoms with Crippen molar-refractivity contribution in [3.05, 3.63) is 57.5 Å². The second-order valence-corrected chi connectivity index (χ2v) is 8.62. The molecule has 0 aliphatic heterocycles. The predicted molar refractivity (Wildman–Crippen MR) is 118 cm³/mol. The summed E-state index contributed by atoms with van der Waals surface area (Å²) in [7, 11) is 0. The monoisotopic (exact) mass is 616 g/mol. The Morgan fingerprint density at radius 3 is 2.39 bits per heavy atom. The summed E-state index contributed by atoms with van der Waals surface area (Å²) < 4.78 is 107. The number of benzene rings is 1. The summed E-state index contributed by atoms with van der Waals surface area (Å²) in [5, 5.41) is 34.3. The maximum atomic E-state index is 14.5. The number of carbonyl (C=O) groups is 2. The number of nitro benzene ring substituents is 1. The van der Waals surface area contributed by atoms with Gasteiger partial charge in [0.1, 0.15) is 0 Å². The summed E-state index contributed by atoms with van der Waals surface area (Å²) in [5.41, 5.74) is -3.32. The minimum Gasteiger partial charge on any atom is -0.465 e. The molecule has 0 atom stereocenters. The number of nitrogens with zero attached hydrogens (tertiary/aromatic N) is 6. The lowest BCUT2D eigenvalue weighted by atomic mass is 10.0. The zero-order valence-electron chi connectivity index (χ0n) is 19.5. The van der Waals surface area contributed by atoms with Crippen LogP contribution in [0.1, 0.15) is 15.9 Å². The predicted octanol–water partition coefficient (Wildman–Crippen LogP) is 4.08. The van der Waals surface area contributed by atoms with Crippen LogP contribution in [0.4, 0.5) is 51.4 Å². The Morgan fingerprint density at radius 1 is 1.12 bits per heavy atom. The van der Waals surface area contributed by atoms with Crippen molar-refractivity contribution in [2.24, 2.45) is 0 Å². The molecule has 0 aliphatic rings. The summed E-state index contributed by atoms with van der Waals surface area (Å²) in [6.07, 6.45) is -8.24. The first-order chi connectivity index (χ1) is 19.0. The normalized spacial score (nSPS) is 12.2. The number of hydrogen-bond donors (Lipinski definition) is 3. The van der Waals surface area contributed by atoms with Gasteiger partial charge in [0.15, 0.2) is 11.6 Å². The van der Waals surface area contributed by atoms with Crippen molar-refractivity contribution in [3.63, 3.8) is 0 Å². The third-order valence-corrected chi connectivity index (χ3v) is 5.96. The standard InChI is InChI=1S/C19H12F8N8O5S/c20-11-5-8(17(21,22)18(23,24)19(25,26)27)7-29-13(11)30-14(36)10-6-9(35(39)40)1-2-12(10)41-15-31-32-33-34(15)4-3-28-16(37)38/h1-2,5-7,28H,3-4H2,(H,37,38)(H,29,30,36). The van der Waals surface area contributed by atoms with Crippen LogP contribution in [0.15, 0.2) is 40.5 Å². The third kappa shape index (κ3) is 6.58. The van der Waals surface area contributed by atoms with Crippen molar-refractivity contribution in [2.75, 3.05) is 11.9 Å². The highest BCUT2D eigenvalue weighted by Gasteiger charge is 2.73. The minimum atomic E-state index is -6.69. The number of nitro groups is 1.